The summed E-state index contributed by atoms with van der Waals surface area (Å²) < 4.78 is 11.4. The Labute approximate surface area is 195 Å². The van der Waals surface area contributed by atoms with Gasteiger partial charge in [0.25, 0.3) is 0 Å². The molecule has 0 aliphatic heterocycles. The van der Waals surface area contributed by atoms with Gasteiger partial charge in [0.15, 0.2) is 0 Å². The van der Waals surface area contributed by atoms with E-state index in [9.17, 15) is 0 Å². The Morgan fingerprint density at radius 1 is 0.871 bits per heavy atom. The molecule has 0 fully saturated rings. The second-order valence-corrected chi connectivity index (χ2v) is 8.04. The van der Waals surface area contributed by atoms with Crippen LogP contribution in [-0.4, -0.2) is 12.1 Å². The molecular weight excluding hydrogens is 453 g/mol. The number of aromatic nitrogens is 1. The zero-order chi connectivity index (χ0) is 21.8. The van der Waals surface area contributed by atoms with Crippen molar-refractivity contribution >= 4 is 57.9 Å². The van der Waals surface area contributed by atoms with Gasteiger partial charge in [-0.15, -0.1) is 0 Å². The minimum Gasteiger partial charge on any atom is -0.495 e. The highest BCUT2D eigenvalue weighted by atomic mass is 35.5. The molecule has 0 saturated heterocycles. The van der Waals surface area contributed by atoms with Gasteiger partial charge in [0.2, 0.25) is 0 Å². The Morgan fingerprint density at radius 2 is 1.71 bits per heavy atom. The predicted molar refractivity (Wildman–Crippen MR) is 129 cm³/mol. The number of para-hydroxylation sites is 1. The van der Waals surface area contributed by atoms with Crippen molar-refractivity contribution < 1.29 is 9.47 Å². The van der Waals surface area contributed by atoms with Crippen molar-refractivity contribution in [2.24, 2.45) is 0 Å². The molecule has 3 nitrogen and oxygen atoms in total. The second-order valence-electron chi connectivity index (χ2n) is 6.79. The molecule has 0 radical (unpaired) electrons. The van der Waals surface area contributed by atoms with Gasteiger partial charge in [-0.25, -0.2) is 4.98 Å². The summed E-state index contributed by atoms with van der Waals surface area (Å²) in [6, 6.07) is 20.9. The van der Waals surface area contributed by atoms with E-state index in [4.69, 9.17) is 49.3 Å². The SMILES string of the molecule is COc1c(Cl)cc(Cl)cc1C=Cc1ccc2cccc(OCc3ccccc3Cl)c2n1. The molecule has 0 bridgehead atoms. The number of fused-ring (bicyclic) bond motifs is 1. The fraction of sp³-hybridized carbons (Fsp3) is 0.0800. The number of pyridine rings is 1. The van der Waals surface area contributed by atoms with Crippen LogP contribution in [0.15, 0.2) is 66.7 Å². The Bertz CT molecular complexity index is 1270. The van der Waals surface area contributed by atoms with Crippen molar-refractivity contribution in [3.05, 3.63) is 98.6 Å². The van der Waals surface area contributed by atoms with E-state index in [0.29, 0.717) is 33.2 Å². The molecule has 1 aromatic heterocycles. The molecule has 0 unspecified atom stereocenters. The van der Waals surface area contributed by atoms with Crippen LogP contribution in [-0.2, 0) is 6.61 Å². The molecule has 0 N–H and O–H groups in total. The molecule has 0 aliphatic carbocycles. The van der Waals surface area contributed by atoms with Gasteiger partial charge in [-0.2, -0.15) is 0 Å². The van der Waals surface area contributed by atoms with Crippen LogP contribution < -0.4 is 9.47 Å². The van der Waals surface area contributed by atoms with Crippen LogP contribution in [0.25, 0.3) is 23.1 Å². The largest absolute Gasteiger partial charge is 0.495 e. The van der Waals surface area contributed by atoms with Gasteiger partial charge >= 0.3 is 0 Å². The zero-order valence-corrected chi connectivity index (χ0v) is 18.9. The van der Waals surface area contributed by atoms with E-state index in [1.54, 1.807) is 19.2 Å². The maximum absolute atomic E-state index is 6.25. The van der Waals surface area contributed by atoms with Gasteiger partial charge in [-0.3, -0.25) is 0 Å². The molecule has 1 heterocycles. The third-order valence-corrected chi connectivity index (χ3v) is 5.59. The van der Waals surface area contributed by atoms with Crippen LogP contribution in [0.1, 0.15) is 16.8 Å². The summed E-state index contributed by atoms with van der Waals surface area (Å²) in [7, 11) is 1.57. The third kappa shape index (κ3) is 4.96. The second kappa shape index (κ2) is 9.61. The molecule has 0 amide bonds. The van der Waals surface area contributed by atoms with Crippen LogP contribution >= 0.6 is 34.8 Å². The summed E-state index contributed by atoms with van der Waals surface area (Å²) >= 11 is 18.6. The molecule has 0 spiro atoms. The topological polar surface area (TPSA) is 31.4 Å². The third-order valence-electron chi connectivity index (χ3n) is 4.72. The van der Waals surface area contributed by atoms with Crippen LogP contribution in [0.2, 0.25) is 15.1 Å². The predicted octanol–water partition coefficient (Wildman–Crippen LogP) is 7.95. The smallest absolute Gasteiger partial charge is 0.146 e. The lowest BCUT2D eigenvalue weighted by molar-refractivity contribution is 0.309. The highest BCUT2D eigenvalue weighted by Crippen LogP contribution is 2.33. The highest BCUT2D eigenvalue weighted by molar-refractivity contribution is 6.36. The van der Waals surface area contributed by atoms with E-state index in [0.717, 1.165) is 27.7 Å². The van der Waals surface area contributed by atoms with Crippen molar-refractivity contribution in [2.45, 2.75) is 6.61 Å². The van der Waals surface area contributed by atoms with Gasteiger partial charge in [0.05, 0.1) is 17.8 Å². The molecule has 156 valence electrons. The number of hydrogen-bond acceptors (Lipinski definition) is 3. The number of rotatable bonds is 6. The minimum atomic E-state index is 0.360. The standard InChI is InChI=1S/C25H18Cl3NO2/c1-30-25-17(13-19(26)14-22(25)28)10-12-20-11-9-16-6-4-8-23(24(16)29-20)31-15-18-5-2-3-7-21(18)27/h2-14H,15H2,1H3. The molecule has 31 heavy (non-hydrogen) atoms. The first-order valence-corrected chi connectivity index (χ1v) is 10.7. The van der Waals surface area contributed by atoms with Crippen LogP contribution in [0, 0.1) is 0 Å². The quantitative estimate of drug-likeness (QED) is 0.286. The average molecular weight is 471 g/mol. The van der Waals surface area contributed by atoms with Crippen molar-refractivity contribution in [2.75, 3.05) is 7.11 Å². The Morgan fingerprint density at radius 3 is 2.52 bits per heavy atom. The van der Waals surface area contributed by atoms with Gasteiger partial charge in [0, 0.05) is 26.6 Å². The molecule has 0 saturated carbocycles. The van der Waals surface area contributed by atoms with Crippen molar-refractivity contribution in [1.82, 2.24) is 4.98 Å². The molecule has 4 aromatic rings. The maximum Gasteiger partial charge on any atom is 0.146 e. The summed E-state index contributed by atoms with van der Waals surface area (Å²) in [6.07, 6.45) is 3.76. The summed E-state index contributed by atoms with van der Waals surface area (Å²) in [5.41, 5.74) is 3.22. The van der Waals surface area contributed by atoms with Gasteiger partial charge in [-0.1, -0.05) is 71.2 Å². The molecule has 4 rings (SSSR count). The summed E-state index contributed by atoms with van der Waals surface area (Å²) in [4.78, 5) is 4.77. The van der Waals surface area contributed by atoms with E-state index < -0.39 is 0 Å². The van der Waals surface area contributed by atoms with Gasteiger partial charge in [0.1, 0.15) is 23.6 Å². The number of benzene rings is 3. The average Bonchev–Trinajstić information content (AvgIpc) is 2.76. The number of nitrogens with zero attached hydrogens (tertiary/aromatic N) is 1. The summed E-state index contributed by atoms with van der Waals surface area (Å²) in [5.74, 6) is 1.25. The zero-order valence-electron chi connectivity index (χ0n) is 16.6. The lowest BCUT2D eigenvalue weighted by Gasteiger charge is -2.10. The van der Waals surface area contributed by atoms with Crippen LogP contribution in [0.4, 0.5) is 0 Å². The van der Waals surface area contributed by atoms with Crippen molar-refractivity contribution in [3.63, 3.8) is 0 Å². The van der Waals surface area contributed by atoms with Crippen molar-refractivity contribution in [1.29, 1.82) is 0 Å². The monoisotopic (exact) mass is 469 g/mol. The van der Waals surface area contributed by atoms with E-state index in [1.165, 1.54) is 0 Å². The van der Waals surface area contributed by atoms with Crippen LogP contribution in [0.5, 0.6) is 11.5 Å². The minimum absolute atomic E-state index is 0.360. The summed E-state index contributed by atoms with van der Waals surface area (Å²) in [5, 5.41) is 2.65. The number of ether oxygens (including phenoxy) is 2. The van der Waals surface area contributed by atoms with E-state index in [-0.39, 0.29) is 0 Å². The summed E-state index contributed by atoms with van der Waals surface area (Å²) in [6.45, 7) is 0.360. The highest BCUT2D eigenvalue weighted by Gasteiger charge is 2.09. The van der Waals surface area contributed by atoms with Crippen LogP contribution in [0.3, 0.4) is 0 Å². The van der Waals surface area contributed by atoms with Gasteiger partial charge < -0.3 is 9.47 Å². The first-order chi connectivity index (χ1) is 15.0. The fourth-order valence-corrected chi connectivity index (χ4v) is 3.99. The molecule has 6 heteroatoms. The molecule has 0 atom stereocenters. The van der Waals surface area contributed by atoms with E-state index in [1.807, 2.05) is 66.7 Å². The number of hydrogen-bond donors (Lipinski definition) is 0. The number of halogens is 3. The Balaban J connectivity index is 1.64. The van der Waals surface area contributed by atoms with E-state index in [2.05, 4.69) is 0 Å². The first kappa shape index (κ1) is 21.5. The number of methoxy groups -OCH3 is 1. The maximum atomic E-state index is 6.25. The Kier molecular flexibility index (Phi) is 6.67. The van der Waals surface area contributed by atoms with Gasteiger partial charge in [-0.05, 0) is 42.5 Å². The normalized spacial score (nSPS) is 11.2. The lowest BCUT2D eigenvalue weighted by atomic mass is 10.1. The molecule has 3 aromatic carbocycles. The molecule has 0 aliphatic rings. The molecular formula is C25H18Cl3NO2. The van der Waals surface area contributed by atoms with Crippen molar-refractivity contribution in [3.8, 4) is 11.5 Å². The fourth-order valence-electron chi connectivity index (χ4n) is 3.21. The first-order valence-electron chi connectivity index (χ1n) is 9.52. The van der Waals surface area contributed by atoms with E-state index >= 15 is 0 Å². The Hall–Kier alpha value is -2.72. The lowest BCUT2D eigenvalue weighted by Crippen LogP contribution is -1.98.